The lowest BCUT2D eigenvalue weighted by molar-refractivity contribution is 0.0738. The smallest absolute Gasteiger partial charge is 0.148 e. The second-order valence-corrected chi connectivity index (χ2v) is 6.18. The Kier molecular flexibility index (Phi) is 5.00. The lowest BCUT2D eigenvalue weighted by atomic mass is 9.75. The van der Waals surface area contributed by atoms with Crippen molar-refractivity contribution in [2.75, 3.05) is 31.4 Å². The van der Waals surface area contributed by atoms with Crippen molar-refractivity contribution in [3.05, 3.63) is 11.4 Å². The van der Waals surface area contributed by atoms with Gasteiger partial charge in [-0.25, -0.2) is 15.8 Å². The topological polar surface area (TPSA) is 79.1 Å². The van der Waals surface area contributed by atoms with Gasteiger partial charge in [0, 0.05) is 24.1 Å². The van der Waals surface area contributed by atoms with Gasteiger partial charge in [0.05, 0.1) is 0 Å². The van der Waals surface area contributed by atoms with Crippen molar-refractivity contribution in [2.45, 2.75) is 51.5 Å². The predicted molar refractivity (Wildman–Crippen MR) is 87.3 cm³/mol. The van der Waals surface area contributed by atoms with E-state index in [1.54, 1.807) is 0 Å². The maximum absolute atomic E-state index is 5.58. The van der Waals surface area contributed by atoms with E-state index in [-0.39, 0.29) is 5.54 Å². The molecule has 0 amide bonds. The normalized spacial score (nSPS) is 16.7. The van der Waals surface area contributed by atoms with E-state index in [0.29, 0.717) is 5.82 Å². The monoisotopic (exact) mass is 292 g/mol. The van der Waals surface area contributed by atoms with Gasteiger partial charge in [-0.15, -0.1) is 0 Å². The quantitative estimate of drug-likeness (QED) is 0.526. The first-order valence-corrected chi connectivity index (χ1v) is 7.78. The first-order chi connectivity index (χ1) is 10.0. The second-order valence-electron chi connectivity index (χ2n) is 6.18. The number of anilines is 2. The number of hydrogen-bond acceptors (Lipinski definition) is 6. The molecule has 1 aliphatic carbocycles. The van der Waals surface area contributed by atoms with E-state index in [4.69, 9.17) is 5.84 Å². The zero-order valence-corrected chi connectivity index (χ0v) is 13.7. The SMILES string of the molecule is CCCc1nc(NN)c(C)c(NCC2(N(C)C)CCC2)n1. The van der Waals surface area contributed by atoms with Crippen LogP contribution in [0.5, 0.6) is 0 Å². The van der Waals surface area contributed by atoms with Gasteiger partial charge in [-0.05, 0) is 46.7 Å². The number of aryl methyl sites for hydroxylation is 1. The van der Waals surface area contributed by atoms with Gasteiger partial charge in [0.25, 0.3) is 0 Å². The number of likely N-dealkylation sites (N-methyl/N-ethyl adjacent to an activating group) is 1. The van der Waals surface area contributed by atoms with E-state index >= 15 is 0 Å². The van der Waals surface area contributed by atoms with E-state index < -0.39 is 0 Å². The molecular formula is C15H28N6. The Labute approximate surface area is 127 Å². The second kappa shape index (κ2) is 6.58. The van der Waals surface area contributed by atoms with Crippen LogP contribution in [0.3, 0.4) is 0 Å². The van der Waals surface area contributed by atoms with Gasteiger partial charge in [0.2, 0.25) is 0 Å². The Bertz CT molecular complexity index is 481. The van der Waals surface area contributed by atoms with Crippen LogP contribution in [0.1, 0.15) is 44.0 Å². The standard InChI is InChI=1S/C15H28N6/c1-5-7-12-18-13(11(2)14(19-12)20-16)17-10-15(21(3)4)8-6-9-15/h5-10,16H2,1-4H3,(H2,17,18,19,20). The molecule has 0 aromatic carbocycles. The van der Waals surface area contributed by atoms with Crippen LogP contribution in [0, 0.1) is 6.92 Å². The average molecular weight is 292 g/mol. The van der Waals surface area contributed by atoms with Crippen LogP contribution in [0.2, 0.25) is 0 Å². The molecule has 1 heterocycles. The van der Waals surface area contributed by atoms with Crippen molar-refractivity contribution in [1.29, 1.82) is 0 Å². The van der Waals surface area contributed by atoms with Crippen LogP contribution >= 0.6 is 0 Å². The minimum Gasteiger partial charge on any atom is -0.368 e. The molecule has 0 saturated heterocycles. The molecule has 0 unspecified atom stereocenters. The van der Waals surface area contributed by atoms with Crippen molar-refractivity contribution in [3.8, 4) is 0 Å². The molecule has 1 fully saturated rings. The highest BCUT2D eigenvalue weighted by molar-refractivity contribution is 5.57. The minimum atomic E-state index is 0.263. The van der Waals surface area contributed by atoms with Gasteiger partial charge in [0.15, 0.2) is 0 Å². The Morgan fingerprint density at radius 3 is 2.38 bits per heavy atom. The maximum atomic E-state index is 5.58. The Hall–Kier alpha value is -1.40. The van der Waals surface area contributed by atoms with Gasteiger partial charge >= 0.3 is 0 Å². The zero-order valence-electron chi connectivity index (χ0n) is 13.7. The number of nitrogens with one attached hydrogen (secondary N) is 2. The third-order valence-electron chi connectivity index (χ3n) is 4.62. The van der Waals surface area contributed by atoms with Crippen LogP contribution in [0.15, 0.2) is 0 Å². The molecule has 0 atom stereocenters. The molecule has 6 heteroatoms. The summed E-state index contributed by atoms with van der Waals surface area (Å²) in [5.41, 5.74) is 3.92. The molecule has 1 aromatic rings. The highest BCUT2D eigenvalue weighted by atomic mass is 15.3. The molecule has 0 spiro atoms. The number of aromatic nitrogens is 2. The van der Waals surface area contributed by atoms with Crippen molar-refractivity contribution < 1.29 is 0 Å². The fourth-order valence-electron chi connectivity index (χ4n) is 2.83. The van der Waals surface area contributed by atoms with E-state index in [9.17, 15) is 0 Å². The van der Waals surface area contributed by atoms with Crippen LogP contribution in [-0.2, 0) is 6.42 Å². The highest BCUT2D eigenvalue weighted by Crippen LogP contribution is 2.36. The van der Waals surface area contributed by atoms with Crippen LogP contribution in [-0.4, -0.2) is 41.0 Å². The van der Waals surface area contributed by atoms with Crippen molar-refractivity contribution >= 4 is 11.6 Å². The summed E-state index contributed by atoms with van der Waals surface area (Å²) in [5, 5.41) is 3.52. The molecule has 21 heavy (non-hydrogen) atoms. The Morgan fingerprint density at radius 1 is 1.24 bits per heavy atom. The number of hydrogen-bond donors (Lipinski definition) is 3. The molecule has 118 valence electrons. The molecule has 0 radical (unpaired) electrons. The molecule has 1 aliphatic rings. The van der Waals surface area contributed by atoms with Crippen LogP contribution < -0.4 is 16.6 Å². The molecule has 0 bridgehead atoms. The first-order valence-electron chi connectivity index (χ1n) is 7.78. The summed E-state index contributed by atoms with van der Waals surface area (Å²) >= 11 is 0. The van der Waals surface area contributed by atoms with E-state index in [1.807, 2.05) is 6.92 Å². The summed E-state index contributed by atoms with van der Waals surface area (Å²) in [6, 6.07) is 0. The number of hydrazine groups is 1. The number of rotatable bonds is 7. The van der Waals surface area contributed by atoms with Gasteiger partial charge in [-0.2, -0.15) is 0 Å². The average Bonchev–Trinajstić information content (AvgIpc) is 2.40. The third kappa shape index (κ3) is 3.27. The molecule has 1 aromatic heterocycles. The largest absolute Gasteiger partial charge is 0.368 e. The summed E-state index contributed by atoms with van der Waals surface area (Å²) in [5.74, 6) is 8.02. The molecule has 1 saturated carbocycles. The van der Waals surface area contributed by atoms with Crippen LogP contribution in [0.25, 0.3) is 0 Å². The number of nitrogen functional groups attached to an aromatic ring is 1. The van der Waals surface area contributed by atoms with Crippen LogP contribution in [0.4, 0.5) is 11.6 Å². The summed E-state index contributed by atoms with van der Waals surface area (Å²) in [6.07, 6.45) is 5.66. The van der Waals surface area contributed by atoms with Gasteiger partial charge < -0.3 is 15.6 Å². The Morgan fingerprint density at radius 2 is 1.90 bits per heavy atom. The van der Waals surface area contributed by atoms with Gasteiger partial charge in [0.1, 0.15) is 17.5 Å². The van der Waals surface area contributed by atoms with E-state index in [0.717, 1.165) is 36.6 Å². The molecule has 0 aliphatic heterocycles. The van der Waals surface area contributed by atoms with E-state index in [1.165, 1.54) is 19.3 Å². The Balaban J connectivity index is 2.16. The molecular weight excluding hydrogens is 264 g/mol. The maximum Gasteiger partial charge on any atom is 0.148 e. The molecule has 2 rings (SSSR count). The fourth-order valence-corrected chi connectivity index (χ4v) is 2.83. The van der Waals surface area contributed by atoms with Crippen molar-refractivity contribution in [2.24, 2.45) is 5.84 Å². The molecule has 4 N–H and O–H groups in total. The minimum absolute atomic E-state index is 0.263. The molecule has 6 nitrogen and oxygen atoms in total. The summed E-state index contributed by atoms with van der Waals surface area (Å²) in [6.45, 7) is 5.03. The fraction of sp³-hybridized carbons (Fsp3) is 0.733. The number of nitrogens with zero attached hydrogens (tertiary/aromatic N) is 3. The number of nitrogens with two attached hydrogens (primary N) is 1. The summed E-state index contributed by atoms with van der Waals surface area (Å²) < 4.78 is 0. The third-order valence-corrected chi connectivity index (χ3v) is 4.62. The summed E-state index contributed by atoms with van der Waals surface area (Å²) in [4.78, 5) is 11.4. The van der Waals surface area contributed by atoms with Gasteiger partial charge in [-0.3, -0.25) is 0 Å². The van der Waals surface area contributed by atoms with Gasteiger partial charge in [-0.1, -0.05) is 6.92 Å². The van der Waals surface area contributed by atoms with E-state index in [2.05, 4.69) is 46.6 Å². The van der Waals surface area contributed by atoms with Crippen molar-refractivity contribution in [1.82, 2.24) is 14.9 Å². The lowest BCUT2D eigenvalue weighted by Gasteiger charge is -2.47. The first kappa shape index (κ1) is 16.0. The highest BCUT2D eigenvalue weighted by Gasteiger charge is 2.38. The predicted octanol–water partition coefficient (Wildman–Crippen LogP) is 1.92. The zero-order chi connectivity index (χ0) is 15.5. The lowest BCUT2D eigenvalue weighted by Crippen LogP contribution is -2.54. The van der Waals surface area contributed by atoms with Crippen molar-refractivity contribution in [3.63, 3.8) is 0 Å². The summed E-state index contributed by atoms with van der Waals surface area (Å²) in [7, 11) is 4.31.